The fraction of sp³-hybridized carbons (Fsp3) is 0.462. The standard InChI is InChI=1S/C13H17N3O4/c1-15(10-2-4-11(5-3-10)16(18)19)12(17)13(14)6-8-20-9-7-13/h2-5H,6-9,14H2,1H3. The second-order valence-electron chi connectivity index (χ2n) is 4.91. The molecule has 2 N–H and O–H groups in total. The van der Waals surface area contributed by atoms with Crippen molar-refractivity contribution in [2.75, 3.05) is 25.2 Å². The molecule has 20 heavy (non-hydrogen) atoms. The number of anilines is 1. The Labute approximate surface area is 116 Å². The number of non-ortho nitro benzene ring substituents is 1. The van der Waals surface area contributed by atoms with Gasteiger partial charge < -0.3 is 15.4 Å². The molecule has 0 bridgehead atoms. The van der Waals surface area contributed by atoms with Crippen molar-refractivity contribution >= 4 is 17.3 Å². The van der Waals surface area contributed by atoms with Gasteiger partial charge in [-0.1, -0.05) is 0 Å². The molecule has 0 atom stereocenters. The third-order valence-corrected chi connectivity index (χ3v) is 3.56. The van der Waals surface area contributed by atoms with Gasteiger partial charge in [-0.3, -0.25) is 14.9 Å². The van der Waals surface area contributed by atoms with E-state index in [2.05, 4.69) is 0 Å². The highest BCUT2D eigenvalue weighted by Gasteiger charge is 2.38. The number of nitro benzene ring substituents is 1. The summed E-state index contributed by atoms with van der Waals surface area (Å²) in [4.78, 5) is 24.0. The molecule has 1 fully saturated rings. The lowest BCUT2D eigenvalue weighted by Crippen LogP contribution is -2.57. The van der Waals surface area contributed by atoms with Crippen molar-refractivity contribution in [3.8, 4) is 0 Å². The number of benzene rings is 1. The molecule has 0 radical (unpaired) electrons. The lowest BCUT2D eigenvalue weighted by atomic mass is 9.89. The minimum absolute atomic E-state index is 0.0110. The lowest BCUT2D eigenvalue weighted by molar-refractivity contribution is -0.384. The van der Waals surface area contributed by atoms with Crippen molar-refractivity contribution < 1.29 is 14.5 Å². The number of carbonyl (C=O) groups excluding carboxylic acids is 1. The molecule has 7 nitrogen and oxygen atoms in total. The molecule has 0 spiro atoms. The molecule has 1 aliphatic heterocycles. The van der Waals surface area contributed by atoms with Gasteiger partial charge in [-0.2, -0.15) is 0 Å². The van der Waals surface area contributed by atoms with E-state index in [-0.39, 0.29) is 11.6 Å². The normalized spacial score (nSPS) is 17.5. The average Bonchev–Trinajstić information content (AvgIpc) is 2.46. The third kappa shape index (κ3) is 2.78. The summed E-state index contributed by atoms with van der Waals surface area (Å²) >= 11 is 0. The Morgan fingerprint density at radius 2 is 1.90 bits per heavy atom. The number of hydrogen-bond acceptors (Lipinski definition) is 5. The van der Waals surface area contributed by atoms with E-state index in [1.165, 1.54) is 17.0 Å². The van der Waals surface area contributed by atoms with Crippen LogP contribution in [0.4, 0.5) is 11.4 Å². The molecule has 0 aromatic heterocycles. The fourth-order valence-corrected chi connectivity index (χ4v) is 2.20. The van der Waals surface area contributed by atoms with E-state index in [1.807, 2.05) is 0 Å². The Bertz CT molecular complexity index is 509. The van der Waals surface area contributed by atoms with Crippen LogP contribution in [0.2, 0.25) is 0 Å². The first-order valence-electron chi connectivity index (χ1n) is 6.33. The molecule has 1 aliphatic rings. The van der Waals surface area contributed by atoms with E-state index in [9.17, 15) is 14.9 Å². The zero-order chi connectivity index (χ0) is 14.8. The zero-order valence-corrected chi connectivity index (χ0v) is 11.2. The Morgan fingerprint density at radius 1 is 1.35 bits per heavy atom. The van der Waals surface area contributed by atoms with Crippen LogP contribution in [0.15, 0.2) is 24.3 Å². The summed E-state index contributed by atoms with van der Waals surface area (Å²) in [5.74, 6) is -0.199. The maximum atomic E-state index is 12.5. The monoisotopic (exact) mass is 279 g/mol. The van der Waals surface area contributed by atoms with E-state index >= 15 is 0 Å². The topological polar surface area (TPSA) is 98.7 Å². The van der Waals surface area contributed by atoms with Gasteiger partial charge in [0.25, 0.3) is 5.69 Å². The Balaban J connectivity index is 2.15. The maximum absolute atomic E-state index is 12.5. The van der Waals surface area contributed by atoms with Gasteiger partial charge in [0.15, 0.2) is 0 Å². The van der Waals surface area contributed by atoms with Crippen molar-refractivity contribution in [2.45, 2.75) is 18.4 Å². The molecular formula is C13H17N3O4. The quantitative estimate of drug-likeness (QED) is 0.659. The third-order valence-electron chi connectivity index (χ3n) is 3.56. The van der Waals surface area contributed by atoms with Crippen molar-refractivity contribution in [2.24, 2.45) is 5.73 Å². The molecule has 1 heterocycles. The van der Waals surface area contributed by atoms with Gasteiger partial charge in [0, 0.05) is 38.1 Å². The molecule has 1 amide bonds. The Hall–Kier alpha value is -1.99. The maximum Gasteiger partial charge on any atom is 0.269 e. The van der Waals surface area contributed by atoms with E-state index < -0.39 is 10.5 Å². The number of rotatable bonds is 3. The second-order valence-corrected chi connectivity index (χ2v) is 4.91. The second kappa shape index (κ2) is 5.56. The van der Waals surface area contributed by atoms with Crippen LogP contribution in [0.3, 0.4) is 0 Å². The van der Waals surface area contributed by atoms with E-state index in [4.69, 9.17) is 10.5 Å². The molecule has 0 aliphatic carbocycles. The molecule has 1 aromatic rings. The number of ether oxygens (including phenoxy) is 1. The average molecular weight is 279 g/mol. The van der Waals surface area contributed by atoms with Gasteiger partial charge in [-0.25, -0.2) is 0 Å². The summed E-state index contributed by atoms with van der Waals surface area (Å²) in [6.45, 7) is 0.937. The van der Waals surface area contributed by atoms with Crippen molar-refractivity contribution in [3.63, 3.8) is 0 Å². The summed E-state index contributed by atoms with van der Waals surface area (Å²) < 4.78 is 5.22. The summed E-state index contributed by atoms with van der Waals surface area (Å²) in [6.07, 6.45) is 0.951. The Kier molecular flexibility index (Phi) is 4.01. The van der Waals surface area contributed by atoms with Crippen LogP contribution >= 0.6 is 0 Å². The van der Waals surface area contributed by atoms with Crippen molar-refractivity contribution in [3.05, 3.63) is 34.4 Å². The number of nitrogens with zero attached hydrogens (tertiary/aromatic N) is 2. The molecule has 0 unspecified atom stereocenters. The highest BCUT2D eigenvalue weighted by Crippen LogP contribution is 2.24. The van der Waals surface area contributed by atoms with Crippen LogP contribution in [0.25, 0.3) is 0 Å². The SMILES string of the molecule is CN(C(=O)C1(N)CCOCC1)c1ccc([N+](=O)[O-])cc1. The first kappa shape index (κ1) is 14.4. The van der Waals surface area contributed by atoms with Gasteiger partial charge in [-0.15, -0.1) is 0 Å². The molecular weight excluding hydrogens is 262 g/mol. The number of hydrogen-bond donors (Lipinski definition) is 1. The molecule has 2 rings (SSSR count). The van der Waals surface area contributed by atoms with Gasteiger partial charge in [0.2, 0.25) is 5.91 Å². The van der Waals surface area contributed by atoms with Crippen LogP contribution in [-0.2, 0) is 9.53 Å². The summed E-state index contributed by atoms with van der Waals surface area (Å²) in [6, 6.07) is 5.82. The molecule has 1 aromatic carbocycles. The van der Waals surface area contributed by atoms with Crippen molar-refractivity contribution in [1.82, 2.24) is 0 Å². The van der Waals surface area contributed by atoms with Gasteiger partial charge >= 0.3 is 0 Å². The van der Waals surface area contributed by atoms with E-state index in [1.54, 1.807) is 19.2 Å². The minimum Gasteiger partial charge on any atom is -0.381 e. The molecule has 7 heteroatoms. The van der Waals surface area contributed by atoms with Crippen LogP contribution in [0.5, 0.6) is 0 Å². The summed E-state index contributed by atoms with van der Waals surface area (Å²) in [7, 11) is 1.62. The minimum atomic E-state index is -0.922. The predicted molar refractivity (Wildman–Crippen MR) is 73.5 cm³/mol. The van der Waals surface area contributed by atoms with Crippen LogP contribution in [0, 0.1) is 10.1 Å². The van der Waals surface area contributed by atoms with Gasteiger partial charge in [0.1, 0.15) is 5.54 Å². The number of likely N-dealkylation sites (N-methyl/N-ethyl adjacent to an activating group) is 1. The predicted octanol–water partition coefficient (Wildman–Crippen LogP) is 1.07. The largest absolute Gasteiger partial charge is 0.381 e. The molecule has 1 saturated heterocycles. The molecule has 108 valence electrons. The fourth-order valence-electron chi connectivity index (χ4n) is 2.20. The summed E-state index contributed by atoms with van der Waals surface area (Å²) in [5.41, 5.74) is 5.79. The summed E-state index contributed by atoms with van der Waals surface area (Å²) in [5, 5.41) is 10.6. The van der Waals surface area contributed by atoms with Crippen molar-refractivity contribution in [1.29, 1.82) is 0 Å². The van der Waals surface area contributed by atoms with Crippen LogP contribution in [0.1, 0.15) is 12.8 Å². The molecule has 0 saturated carbocycles. The smallest absolute Gasteiger partial charge is 0.269 e. The number of nitrogens with two attached hydrogens (primary N) is 1. The highest BCUT2D eigenvalue weighted by atomic mass is 16.6. The Morgan fingerprint density at radius 3 is 2.40 bits per heavy atom. The van der Waals surface area contributed by atoms with E-state index in [0.29, 0.717) is 31.7 Å². The van der Waals surface area contributed by atoms with Gasteiger partial charge in [-0.05, 0) is 25.0 Å². The van der Waals surface area contributed by atoms with Gasteiger partial charge in [0.05, 0.1) is 4.92 Å². The van der Waals surface area contributed by atoms with Crippen LogP contribution in [-0.4, -0.2) is 36.6 Å². The zero-order valence-electron chi connectivity index (χ0n) is 11.2. The number of nitro groups is 1. The first-order chi connectivity index (χ1) is 9.44. The lowest BCUT2D eigenvalue weighted by Gasteiger charge is -2.35. The van der Waals surface area contributed by atoms with E-state index in [0.717, 1.165) is 0 Å². The number of amides is 1. The first-order valence-corrected chi connectivity index (χ1v) is 6.33. The highest BCUT2D eigenvalue weighted by molar-refractivity contribution is 5.99. The number of carbonyl (C=O) groups is 1. The van der Waals surface area contributed by atoms with Crippen LogP contribution < -0.4 is 10.6 Å².